The van der Waals surface area contributed by atoms with Gasteiger partial charge in [-0.3, -0.25) is 0 Å². The standard InChI is InChI=1S/C14H19BrFN/c1-9-7-13(15)10(2)12(14(9)16)8-11-3-5-17-6-4-11/h7,11,17H,3-6,8H2,1-2H3. The van der Waals surface area contributed by atoms with Crippen LogP contribution in [0.4, 0.5) is 4.39 Å². The van der Waals surface area contributed by atoms with Gasteiger partial charge in [-0.15, -0.1) is 0 Å². The summed E-state index contributed by atoms with van der Waals surface area (Å²) in [5.74, 6) is 0.613. The summed E-state index contributed by atoms with van der Waals surface area (Å²) in [7, 11) is 0. The van der Waals surface area contributed by atoms with E-state index in [0.29, 0.717) is 5.92 Å². The van der Waals surface area contributed by atoms with Crippen LogP contribution in [0.1, 0.15) is 29.5 Å². The average molecular weight is 300 g/mol. The minimum absolute atomic E-state index is 0.00997. The van der Waals surface area contributed by atoms with E-state index in [-0.39, 0.29) is 5.82 Å². The van der Waals surface area contributed by atoms with Crippen molar-refractivity contribution in [2.75, 3.05) is 13.1 Å². The highest BCUT2D eigenvalue weighted by Gasteiger charge is 2.19. The fourth-order valence-corrected chi connectivity index (χ4v) is 3.11. The molecule has 2 rings (SSSR count). The van der Waals surface area contributed by atoms with E-state index in [1.807, 2.05) is 19.9 Å². The minimum atomic E-state index is -0.00997. The summed E-state index contributed by atoms with van der Waals surface area (Å²) >= 11 is 3.52. The van der Waals surface area contributed by atoms with Crippen LogP contribution in [0.5, 0.6) is 0 Å². The van der Waals surface area contributed by atoms with E-state index in [4.69, 9.17) is 0 Å². The largest absolute Gasteiger partial charge is 0.317 e. The number of aryl methyl sites for hydroxylation is 1. The highest BCUT2D eigenvalue weighted by Crippen LogP contribution is 2.29. The molecular formula is C14H19BrFN. The van der Waals surface area contributed by atoms with Gasteiger partial charge in [0.25, 0.3) is 0 Å². The zero-order valence-corrected chi connectivity index (χ0v) is 12.0. The van der Waals surface area contributed by atoms with Gasteiger partial charge in [0.1, 0.15) is 5.82 Å². The molecule has 1 aromatic rings. The van der Waals surface area contributed by atoms with Crippen LogP contribution in [0.25, 0.3) is 0 Å². The molecule has 0 saturated carbocycles. The first-order valence-electron chi connectivity index (χ1n) is 6.24. The monoisotopic (exact) mass is 299 g/mol. The zero-order chi connectivity index (χ0) is 12.4. The number of hydrogen-bond acceptors (Lipinski definition) is 1. The Hall–Kier alpha value is -0.410. The summed E-state index contributed by atoms with van der Waals surface area (Å²) in [6, 6.07) is 1.87. The van der Waals surface area contributed by atoms with Gasteiger partial charge >= 0.3 is 0 Å². The molecule has 0 unspecified atom stereocenters. The molecule has 0 aromatic heterocycles. The lowest BCUT2D eigenvalue weighted by Gasteiger charge is -2.24. The van der Waals surface area contributed by atoms with Gasteiger partial charge in [-0.05, 0) is 74.9 Å². The summed E-state index contributed by atoms with van der Waals surface area (Å²) in [5, 5.41) is 3.35. The third-order valence-corrected chi connectivity index (χ3v) is 4.54. The van der Waals surface area contributed by atoms with Crippen LogP contribution in [0.3, 0.4) is 0 Å². The molecule has 17 heavy (non-hydrogen) atoms. The van der Waals surface area contributed by atoms with Crippen LogP contribution in [-0.2, 0) is 6.42 Å². The normalized spacial score (nSPS) is 17.4. The Labute approximate surface area is 111 Å². The molecule has 1 nitrogen and oxygen atoms in total. The Morgan fingerprint density at radius 3 is 2.65 bits per heavy atom. The van der Waals surface area contributed by atoms with Crippen LogP contribution in [-0.4, -0.2) is 13.1 Å². The maximum absolute atomic E-state index is 14.2. The first-order chi connectivity index (χ1) is 8.09. The second-order valence-electron chi connectivity index (χ2n) is 4.99. The van der Waals surface area contributed by atoms with Crippen molar-refractivity contribution in [1.82, 2.24) is 5.32 Å². The van der Waals surface area contributed by atoms with E-state index in [9.17, 15) is 4.39 Å². The van der Waals surface area contributed by atoms with Crippen molar-refractivity contribution in [3.63, 3.8) is 0 Å². The van der Waals surface area contributed by atoms with Gasteiger partial charge in [-0.25, -0.2) is 4.39 Å². The van der Waals surface area contributed by atoms with Gasteiger partial charge in [0, 0.05) is 4.47 Å². The van der Waals surface area contributed by atoms with Crippen molar-refractivity contribution >= 4 is 15.9 Å². The van der Waals surface area contributed by atoms with E-state index < -0.39 is 0 Å². The fourth-order valence-electron chi connectivity index (χ4n) is 2.53. The second-order valence-corrected chi connectivity index (χ2v) is 5.84. The quantitative estimate of drug-likeness (QED) is 0.877. The van der Waals surface area contributed by atoms with Gasteiger partial charge < -0.3 is 5.32 Å². The number of halogens is 2. The summed E-state index contributed by atoms with van der Waals surface area (Å²) in [6.07, 6.45) is 3.19. The topological polar surface area (TPSA) is 12.0 Å². The first-order valence-corrected chi connectivity index (χ1v) is 7.03. The SMILES string of the molecule is Cc1cc(Br)c(C)c(CC2CCNCC2)c1F. The van der Waals surface area contributed by atoms with Crippen molar-refractivity contribution in [1.29, 1.82) is 0 Å². The maximum Gasteiger partial charge on any atom is 0.129 e. The zero-order valence-electron chi connectivity index (χ0n) is 10.4. The Kier molecular flexibility index (Phi) is 4.21. The van der Waals surface area contributed by atoms with Crippen LogP contribution in [0.15, 0.2) is 10.5 Å². The lowest BCUT2D eigenvalue weighted by atomic mass is 9.88. The fraction of sp³-hybridized carbons (Fsp3) is 0.571. The molecule has 0 spiro atoms. The third-order valence-electron chi connectivity index (χ3n) is 3.72. The molecule has 0 radical (unpaired) electrons. The summed E-state index contributed by atoms with van der Waals surface area (Å²) in [4.78, 5) is 0. The Balaban J connectivity index is 2.24. The Bertz CT molecular complexity index is 385. The predicted molar refractivity (Wildman–Crippen MR) is 72.9 cm³/mol. The molecule has 0 atom stereocenters. The second kappa shape index (κ2) is 5.49. The highest BCUT2D eigenvalue weighted by atomic mass is 79.9. The molecule has 1 heterocycles. The van der Waals surface area contributed by atoms with E-state index in [0.717, 1.165) is 53.5 Å². The smallest absolute Gasteiger partial charge is 0.129 e. The first kappa shape index (κ1) is 13.0. The van der Waals surface area contributed by atoms with Crippen molar-refractivity contribution in [2.24, 2.45) is 5.92 Å². The lowest BCUT2D eigenvalue weighted by Crippen LogP contribution is -2.29. The molecule has 94 valence electrons. The molecule has 1 aliphatic heterocycles. The van der Waals surface area contributed by atoms with Crippen LogP contribution in [0.2, 0.25) is 0 Å². The van der Waals surface area contributed by atoms with Crippen molar-refractivity contribution in [3.8, 4) is 0 Å². The average Bonchev–Trinajstić information content (AvgIpc) is 2.33. The number of rotatable bonds is 2. The molecule has 1 saturated heterocycles. The lowest BCUT2D eigenvalue weighted by molar-refractivity contribution is 0.367. The number of piperidine rings is 1. The predicted octanol–water partition coefficient (Wildman–Crippen LogP) is 3.75. The molecule has 0 amide bonds. The molecule has 1 aromatic carbocycles. The Morgan fingerprint density at radius 2 is 2.00 bits per heavy atom. The summed E-state index contributed by atoms with van der Waals surface area (Å²) < 4.78 is 15.2. The van der Waals surface area contributed by atoms with Gasteiger partial charge in [-0.2, -0.15) is 0 Å². The molecule has 1 fully saturated rings. The van der Waals surface area contributed by atoms with Crippen LogP contribution >= 0.6 is 15.9 Å². The molecule has 1 N–H and O–H groups in total. The van der Waals surface area contributed by atoms with Crippen molar-refractivity contribution < 1.29 is 4.39 Å². The van der Waals surface area contributed by atoms with E-state index in [1.54, 1.807) is 0 Å². The molecule has 3 heteroatoms. The van der Waals surface area contributed by atoms with Crippen LogP contribution in [0, 0.1) is 25.6 Å². The summed E-state index contributed by atoms with van der Waals surface area (Å²) in [5.41, 5.74) is 2.71. The maximum atomic E-state index is 14.2. The van der Waals surface area contributed by atoms with Crippen molar-refractivity contribution in [3.05, 3.63) is 33.0 Å². The van der Waals surface area contributed by atoms with E-state index in [2.05, 4.69) is 21.2 Å². The van der Waals surface area contributed by atoms with Gasteiger partial charge in [0.05, 0.1) is 0 Å². The molecule has 0 aliphatic carbocycles. The highest BCUT2D eigenvalue weighted by molar-refractivity contribution is 9.10. The molecular weight excluding hydrogens is 281 g/mol. The summed E-state index contributed by atoms with van der Waals surface area (Å²) in [6.45, 7) is 5.98. The van der Waals surface area contributed by atoms with Gasteiger partial charge in [0.15, 0.2) is 0 Å². The van der Waals surface area contributed by atoms with Crippen LogP contribution < -0.4 is 5.32 Å². The van der Waals surface area contributed by atoms with Gasteiger partial charge in [-0.1, -0.05) is 15.9 Å². The molecule has 1 aliphatic rings. The molecule has 0 bridgehead atoms. The minimum Gasteiger partial charge on any atom is -0.317 e. The Morgan fingerprint density at radius 1 is 1.35 bits per heavy atom. The van der Waals surface area contributed by atoms with Crippen molar-refractivity contribution in [2.45, 2.75) is 33.1 Å². The van der Waals surface area contributed by atoms with E-state index in [1.165, 1.54) is 0 Å². The third kappa shape index (κ3) is 2.89. The number of benzene rings is 1. The number of nitrogens with one attached hydrogen (secondary N) is 1. The van der Waals surface area contributed by atoms with Gasteiger partial charge in [0.2, 0.25) is 0 Å². The number of hydrogen-bond donors (Lipinski definition) is 1. The van der Waals surface area contributed by atoms with E-state index >= 15 is 0 Å².